The van der Waals surface area contributed by atoms with Crippen molar-refractivity contribution < 1.29 is 14.2 Å². The minimum absolute atomic E-state index is 0.222. The first kappa shape index (κ1) is 13.5. The topological polar surface area (TPSA) is 27.7 Å². The summed E-state index contributed by atoms with van der Waals surface area (Å²) in [5.74, 6) is -0.464. The normalized spacial score (nSPS) is 26.4. The van der Waals surface area contributed by atoms with E-state index in [2.05, 4.69) is 19.1 Å². The molecule has 18 heavy (non-hydrogen) atoms. The highest BCUT2D eigenvalue weighted by Gasteiger charge is 2.41. The predicted molar refractivity (Wildman–Crippen MR) is 70.2 cm³/mol. The first-order chi connectivity index (χ1) is 8.49. The maximum atomic E-state index is 5.89. The highest BCUT2D eigenvalue weighted by atomic mass is 16.8. The summed E-state index contributed by atoms with van der Waals surface area (Å²) in [6, 6.07) is 10.2. The third-order valence-corrected chi connectivity index (χ3v) is 3.10. The van der Waals surface area contributed by atoms with E-state index in [-0.39, 0.29) is 5.60 Å². The van der Waals surface area contributed by atoms with Gasteiger partial charge < -0.3 is 14.2 Å². The molecular formula is C15H22O3. The fourth-order valence-electron chi connectivity index (χ4n) is 2.15. The van der Waals surface area contributed by atoms with Crippen LogP contribution in [0.4, 0.5) is 0 Å². The molecule has 3 nitrogen and oxygen atoms in total. The third kappa shape index (κ3) is 3.80. The second kappa shape index (κ2) is 5.39. The van der Waals surface area contributed by atoms with E-state index in [9.17, 15) is 0 Å². The van der Waals surface area contributed by atoms with Crippen molar-refractivity contribution in [1.82, 2.24) is 0 Å². The summed E-state index contributed by atoms with van der Waals surface area (Å²) in [6.07, 6.45) is 0.850. The Kier molecular flexibility index (Phi) is 4.05. The van der Waals surface area contributed by atoms with Crippen LogP contribution in [0.25, 0.3) is 0 Å². The van der Waals surface area contributed by atoms with Crippen molar-refractivity contribution in [3.05, 3.63) is 35.9 Å². The fourth-order valence-corrected chi connectivity index (χ4v) is 2.15. The number of ether oxygens (including phenoxy) is 3. The SMILES string of the molecule is CC1(CCOCc2ccccc2)COC(C)(C)O1. The monoisotopic (exact) mass is 250 g/mol. The molecule has 0 bridgehead atoms. The quantitative estimate of drug-likeness (QED) is 0.751. The molecule has 1 atom stereocenters. The van der Waals surface area contributed by atoms with Gasteiger partial charge in [-0.15, -0.1) is 0 Å². The summed E-state index contributed by atoms with van der Waals surface area (Å²) in [5, 5.41) is 0. The Morgan fingerprint density at radius 1 is 1.17 bits per heavy atom. The molecule has 1 saturated heterocycles. The van der Waals surface area contributed by atoms with Crippen molar-refractivity contribution in [2.24, 2.45) is 0 Å². The second-order valence-corrected chi connectivity index (χ2v) is 5.53. The van der Waals surface area contributed by atoms with Crippen LogP contribution in [0.3, 0.4) is 0 Å². The van der Waals surface area contributed by atoms with Crippen LogP contribution in [0.15, 0.2) is 30.3 Å². The Balaban J connectivity index is 1.70. The Morgan fingerprint density at radius 2 is 1.89 bits per heavy atom. The predicted octanol–water partition coefficient (Wildman–Crippen LogP) is 3.13. The fraction of sp³-hybridized carbons (Fsp3) is 0.600. The van der Waals surface area contributed by atoms with Gasteiger partial charge in [0.15, 0.2) is 5.79 Å². The molecule has 0 saturated carbocycles. The molecule has 1 unspecified atom stereocenters. The van der Waals surface area contributed by atoms with Crippen LogP contribution in [-0.2, 0) is 20.8 Å². The maximum absolute atomic E-state index is 5.89. The molecule has 2 rings (SSSR count). The number of rotatable bonds is 5. The van der Waals surface area contributed by atoms with E-state index < -0.39 is 5.79 Å². The lowest BCUT2D eigenvalue weighted by molar-refractivity contribution is -0.160. The molecule has 0 amide bonds. The van der Waals surface area contributed by atoms with E-state index in [4.69, 9.17) is 14.2 Å². The lowest BCUT2D eigenvalue weighted by atomic mass is 10.1. The highest BCUT2D eigenvalue weighted by molar-refractivity contribution is 5.13. The summed E-state index contributed by atoms with van der Waals surface area (Å²) in [7, 11) is 0. The summed E-state index contributed by atoms with van der Waals surface area (Å²) in [5.41, 5.74) is 0.978. The van der Waals surface area contributed by atoms with Gasteiger partial charge in [-0.25, -0.2) is 0 Å². The molecule has 1 aliphatic rings. The molecule has 100 valence electrons. The minimum atomic E-state index is -0.464. The van der Waals surface area contributed by atoms with E-state index in [0.29, 0.717) is 19.8 Å². The molecule has 0 N–H and O–H groups in total. The van der Waals surface area contributed by atoms with E-state index in [1.165, 1.54) is 5.56 Å². The molecule has 1 aromatic carbocycles. The van der Waals surface area contributed by atoms with Gasteiger partial charge in [0, 0.05) is 13.0 Å². The van der Waals surface area contributed by atoms with Crippen molar-refractivity contribution >= 4 is 0 Å². The van der Waals surface area contributed by atoms with Crippen molar-refractivity contribution in [2.45, 2.75) is 45.2 Å². The smallest absolute Gasteiger partial charge is 0.163 e. The third-order valence-electron chi connectivity index (χ3n) is 3.10. The second-order valence-electron chi connectivity index (χ2n) is 5.53. The maximum Gasteiger partial charge on any atom is 0.163 e. The van der Waals surface area contributed by atoms with Gasteiger partial charge in [0.25, 0.3) is 0 Å². The van der Waals surface area contributed by atoms with Gasteiger partial charge in [-0.05, 0) is 26.3 Å². The summed E-state index contributed by atoms with van der Waals surface area (Å²) >= 11 is 0. The van der Waals surface area contributed by atoms with E-state index in [1.807, 2.05) is 32.0 Å². The van der Waals surface area contributed by atoms with Gasteiger partial charge >= 0.3 is 0 Å². The van der Waals surface area contributed by atoms with Crippen LogP contribution in [0.2, 0.25) is 0 Å². The zero-order valence-corrected chi connectivity index (χ0v) is 11.4. The molecular weight excluding hydrogens is 228 g/mol. The number of hydrogen-bond donors (Lipinski definition) is 0. The first-order valence-corrected chi connectivity index (χ1v) is 6.45. The molecule has 3 heteroatoms. The molecule has 0 spiro atoms. The van der Waals surface area contributed by atoms with Gasteiger partial charge in [0.1, 0.15) is 0 Å². The Labute approximate surface area is 109 Å². The number of hydrogen-bond acceptors (Lipinski definition) is 3. The van der Waals surface area contributed by atoms with Crippen LogP contribution < -0.4 is 0 Å². The molecule has 1 fully saturated rings. The lowest BCUT2D eigenvalue weighted by Gasteiger charge is -2.24. The Hall–Kier alpha value is -0.900. The van der Waals surface area contributed by atoms with E-state index in [0.717, 1.165) is 6.42 Å². The van der Waals surface area contributed by atoms with Gasteiger partial charge in [-0.3, -0.25) is 0 Å². The summed E-state index contributed by atoms with van der Waals surface area (Å²) in [4.78, 5) is 0. The minimum Gasteiger partial charge on any atom is -0.377 e. The van der Waals surface area contributed by atoms with Crippen molar-refractivity contribution in [1.29, 1.82) is 0 Å². The standard InChI is InChI=1S/C15H22O3/c1-14(2)17-12-15(3,18-14)9-10-16-11-13-7-5-4-6-8-13/h4-8H,9-12H2,1-3H3. The van der Waals surface area contributed by atoms with Crippen LogP contribution in [0.1, 0.15) is 32.8 Å². The Bertz CT molecular complexity index is 375. The van der Waals surface area contributed by atoms with Crippen molar-refractivity contribution in [3.63, 3.8) is 0 Å². The van der Waals surface area contributed by atoms with Crippen LogP contribution in [-0.4, -0.2) is 24.6 Å². The molecule has 1 aliphatic heterocycles. The lowest BCUT2D eigenvalue weighted by Crippen LogP contribution is -2.32. The highest BCUT2D eigenvalue weighted by Crippen LogP contribution is 2.32. The van der Waals surface area contributed by atoms with Gasteiger partial charge in [-0.2, -0.15) is 0 Å². The zero-order valence-electron chi connectivity index (χ0n) is 11.4. The largest absolute Gasteiger partial charge is 0.377 e. The van der Waals surface area contributed by atoms with Crippen molar-refractivity contribution in [3.8, 4) is 0 Å². The van der Waals surface area contributed by atoms with Crippen LogP contribution in [0.5, 0.6) is 0 Å². The summed E-state index contributed by atoms with van der Waals surface area (Å²) < 4.78 is 17.2. The van der Waals surface area contributed by atoms with Crippen molar-refractivity contribution in [2.75, 3.05) is 13.2 Å². The summed E-state index contributed by atoms with van der Waals surface area (Å²) in [6.45, 7) is 7.94. The zero-order chi connectivity index (χ0) is 13.1. The van der Waals surface area contributed by atoms with Gasteiger partial charge in [0.2, 0.25) is 0 Å². The molecule has 0 aliphatic carbocycles. The van der Waals surface area contributed by atoms with Crippen LogP contribution in [0, 0.1) is 0 Å². The average molecular weight is 250 g/mol. The van der Waals surface area contributed by atoms with Crippen LogP contribution >= 0.6 is 0 Å². The number of benzene rings is 1. The molecule has 1 aromatic rings. The molecule has 1 heterocycles. The molecule has 0 aromatic heterocycles. The first-order valence-electron chi connectivity index (χ1n) is 6.45. The Morgan fingerprint density at radius 3 is 2.50 bits per heavy atom. The van der Waals surface area contributed by atoms with Gasteiger partial charge in [-0.1, -0.05) is 30.3 Å². The van der Waals surface area contributed by atoms with E-state index in [1.54, 1.807) is 0 Å². The van der Waals surface area contributed by atoms with Gasteiger partial charge in [0.05, 0.1) is 18.8 Å². The van der Waals surface area contributed by atoms with E-state index >= 15 is 0 Å². The average Bonchev–Trinajstić information content (AvgIpc) is 2.61. The molecule has 0 radical (unpaired) electrons.